The Morgan fingerprint density at radius 1 is 0.972 bits per heavy atom. The smallest absolute Gasteiger partial charge is 0.408 e. The van der Waals surface area contributed by atoms with Gasteiger partial charge in [0.25, 0.3) is 0 Å². The Bertz CT molecular complexity index is 873. The molecule has 13 nitrogen and oxygen atoms in total. The topological polar surface area (TPSA) is 160 Å². The van der Waals surface area contributed by atoms with E-state index >= 15 is 0 Å². The molecule has 8 atom stereocenters. The molecule has 3 saturated heterocycles. The predicted molar refractivity (Wildman–Crippen MR) is 122 cm³/mol. The van der Waals surface area contributed by atoms with Crippen LogP contribution < -0.4 is 16.0 Å². The van der Waals surface area contributed by atoms with Gasteiger partial charge in [-0.25, -0.2) is 9.59 Å². The standard InChI is InChI=1S/C23H37N3O10/c1-10(25-21(30)36-22(3,4)5)17(27)26-13-12(18(28)24-11(2)19(29)31-8)9-32-15-14(13)33-20-16(15)34-23(6,7)35-20/h10-16,20H,9H2,1-8H3,(H,24,28)(H,25,30)(H,26,27)/t10-,11-,12-,13-,14+,15-,16+,20+/m0/s1. The highest BCUT2D eigenvalue weighted by Gasteiger charge is 2.61. The van der Waals surface area contributed by atoms with Crippen molar-refractivity contribution in [2.45, 2.75) is 103 Å². The Kier molecular flexibility index (Phi) is 8.18. The number of esters is 1. The van der Waals surface area contributed by atoms with E-state index in [4.69, 9.17) is 23.7 Å². The van der Waals surface area contributed by atoms with Crippen LogP contribution in [0.5, 0.6) is 0 Å². The molecular weight excluding hydrogens is 478 g/mol. The molecule has 3 N–H and O–H groups in total. The average Bonchev–Trinajstić information content (AvgIpc) is 3.23. The minimum atomic E-state index is -0.980. The monoisotopic (exact) mass is 515 g/mol. The van der Waals surface area contributed by atoms with Gasteiger partial charge in [-0.3, -0.25) is 9.59 Å². The lowest BCUT2D eigenvalue weighted by Crippen LogP contribution is -2.64. The van der Waals surface area contributed by atoms with Gasteiger partial charge in [-0.1, -0.05) is 0 Å². The summed E-state index contributed by atoms with van der Waals surface area (Å²) < 4.78 is 33.6. The molecule has 3 fully saturated rings. The van der Waals surface area contributed by atoms with Crippen LogP contribution in [0.3, 0.4) is 0 Å². The van der Waals surface area contributed by atoms with E-state index in [1.54, 1.807) is 34.6 Å². The van der Waals surface area contributed by atoms with Gasteiger partial charge in [-0.15, -0.1) is 0 Å². The first kappa shape index (κ1) is 28.1. The van der Waals surface area contributed by atoms with Crippen LogP contribution in [-0.4, -0.2) is 91.7 Å². The summed E-state index contributed by atoms with van der Waals surface area (Å²) in [6.45, 7) is 11.5. The lowest BCUT2D eigenvalue weighted by Gasteiger charge is -2.40. The van der Waals surface area contributed by atoms with Crippen molar-refractivity contribution in [2.24, 2.45) is 5.92 Å². The third-order valence-corrected chi connectivity index (χ3v) is 5.97. The van der Waals surface area contributed by atoms with E-state index in [-0.39, 0.29) is 6.61 Å². The molecule has 0 aromatic carbocycles. The maximum atomic E-state index is 13.1. The minimum Gasteiger partial charge on any atom is -0.467 e. The number of fused-ring (bicyclic) bond motifs is 3. The Labute approximate surface area is 210 Å². The van der Waals surface area contributed by atoms with Gasteiger partial charge in [0.05, 0.1) is 25.7 Å². The van der Waals surface area contributed by atoms with Gasteiger partial charge in [-0.2, -0.15) is 0 Å². The van der Waals surface area contributed by atoms with Gasteiger partial charge in [0.15, 0.2) is 12.1 Å². The quantitative estimate of drug-likeness (QED) is 0.409. The van der Waals surface area contributed by atoms with E-state index in [9.17, 15) is 19.2 Å². The summed E-state index contributed by atoms with van der Waals surface area (Å²) >= 11 is 0. The fraction of sp³-hybridized carbons (Fsp3) is 0.826. The van der Waals surface area contributed by atoms with Gasteiger partial charge in [-0.05, 0) is 48.5 Å². The molecule has 13 heteroatoms. The van der Waals surface area contributed by atoms with Gasteiger partial charge in [0, 0.05) is 0 Å². The maximum Gasteiger partial charge on any atom is 0.408 e. The number of rotatable bonds is 6. The van der Waals surface area contributed by atoms with E-state index < -0.39 is 83.9 Å². The third kappa shape index (κ3) is 6.44. The van der Waals surface area contributed by atoms with Crippen LogP contribution in [0.4, 0.5) is 4.79 Å². The highest BCUT2D eigenvalue weighted by molar-refractivity contribution is 5.88. The molecule has 3 aliphatic rings. The molecule has 0 unspecified atom stereocenters. The molecule has 3 heterocycles. The van der Waals surface area contributed by atoms with Crippen molar-refractivity contribution in [3.8, 4) is 0 Å². The molecule has 0 spiro atoms. The molecule has 204 valence electrons. The van der Waals surface area contributed by atoms with Crippen LogP contribution in [-0.2, 0) is 42.8 Å². The van der Waals surface area contributed by atoms with Crippen LogP contribution in [0.2, 0.25) is 0 Å². The van der Waals surface area contributed by atoms with Gasteiger partial charge < -0.3 is 44.4 Å². The first-order valence-electron chi connectivity index (χ1n) is 11.9. The lowest BCUT2D eigenvalue weighted by atomic mass is 9.87. The summed E-state index contributed by atoms with van der Waals surface area (Å²) in [6.07, 6.45) is -3.46. The fourth-order valence-corrected chi connectivity index (χ4v) is 4.35. The molecule has 36 heavy (non-hydrogen) atoms. The van der Waals surface area contributed by atoms with Gasteiger partial charge >= 0.3 is 12.1 Å². The number of hydrogen-bond donors (Lipinski definition) is 3. The first-order valence-corrected chi connectivity index (χ1v) is 11.9. The van der Waals surface area contributed by atoms with Crippen molar-refractivity contribution in [3.63, 3.8) is 0 Å². The molecule has 3 amide bonds. The minimum absolute atomic E-state index is 0.0733. The van der Waals surface area contributed by atoms with Crippen LogP contribution >= 0.6 is 0 Å². The van der Waals surface area contributed by atoms with Crippen molar-refractivity contribution in [1.29, 1.82) is 0 Å². The molecule has 3 rings (SSSR count). The summed E-state index contributed by atoms with van der Waals surface area (Å²) in [4.78, 5) is 50.1. The number of alkyl carbamates (subject to hydrolysis) is 1. The molecule has 0 saturated carbocycles. The fourth-order valence-electron chi connectivity index (χ4n) is 4.35. The van der Waals surface area contributed by atoms with Gasteiger partial charge in [0.2, 0.25) is 11.8 Å². The number of ether oxygens (including phenoxy) is 6. The van der Waals surface area contributed by atoms with Crippen LogP contribution in [0.25, 0.3) is 0 Å². The molecule has 3 aliphatic heterocycles. The lowest BCUT2D eigenvalue weighted by molar-refractivity contribution is -0.233. The van der Waals surface area contributed by atoms with Crippen molar-refractivity contribution >= 4 is 23.9 Å². The molecular formula is C23H37N3O10. The predicted octanol–water partition coefficient (Wildman–Crippen LogP) is -0.0465. The number of carbonyl (C=O) groups is 4. The molecule has 0 bridgehead atoms. The highest BCUT2D eigenvalue weighted by atomic mass is 16.8. The Morgan fingerprint density at radius 2 is 1.64 bits per heavy atom. The Balaban J connectivity index is 1.76. The summed E-state index contributed by atoms with van der Waals surface area (Å²) in [6, 6.07) is -2.77. The normalized spacial score (nSPS) is 32.3. The second kappa shape index (κ2) is 10.5. The van der Waals surface area contributed by atoms with Crippen LogP contribution in [0.1, 0.15) is 48.5 Å². The van der Waals surface area contributed by atoms with Crippen molar-refractivity contribution < 1.29 is 47.6 Å². The molecule has 0 aliphatic carbocycles. The number of hydrogen-bond acceptors (Lipinski definition) is 10. The third-order valence-electron chi connectivity index (χ3n) is 5.97. The molecule has 0 aromatic heterocycles. The molecule has 0 aromatic rings. The average molecular weight is 516 g/mol. The summed E-state index contributed by atoms with van der Waals surface area (Å²) in [5, 5.41) is 7.87. The second-order valence-electron chi connectivity index (χ2n) is 10.6. The number of carbonyl (C=O) groups excluding carboxylic acids is 4. The van der Waals surface area contributed by atoms with E-state index in [1.807, 2.05) is 0 Å². The first-order chi connectivity index (χ1) is 16.6. The van der Waals surface area contributed by atoms with Crippen LogP contribution in [0.15, 0.2) is 0 Å². The van der Waals surface area contributed by atoms with Crippen molar-refractivity contribution in [3.05, 3.63) is 0 Å². The van der Waals surface area contributed by atoms with Crippen LogP contribution in [0, 0.1) is 5.92 Å². The summed E-state index contributed by atoms with van der Waals surface area (Å²) in [5.41, 5.74) is -0.739. The SMILES string of the molecule is COC(=O)[C@H](C)NC(=O)[C@H]1CO[C@H]2[C@H](O[C@@H]3OC(C)(C)O[C@@H]32)[C@H]1NC(=O)[C@H](C)NC(=O)OC(C)(C)C. The number of methoxy groups -OCH3 is 1. The summed E-state index contributed by atoms with van der Waals surface area (Å²) in [5.74, 6) is -3.51. The zero-order chi connectivity index (χ0) is 27.0. The molecule has 0 radical (unpaired) electrons. The highest BCUT2D eigenvalue weighted by Crippen LogP contribution is 2.42. The van der Waals surface area contributed by atoms with Crippen molar-refractivity contribution in [2.75, 3.05) is 13.7 Å². The maximum absolute atomic E-state index is 13.1. The second-order valence-corrected chi connectivity index (χ2v) is 10.6. The van der Waals surface area contributed by atoms with Gasteiger partial charge in [0.1, 0.15) is 36.0 Å². The largest absolute Gasteiger partial charge is 0.467 e. The number of nitrogens with one attached hydrogen (secondary N) is 3. The summed E-state index contributed by atoms with van der Waals surface area (Å²) in [7, 11) is 1.22. The zero-order valence-corrected chi connectivity index (χ0v) is 21.9. The van der Waals surface area contributed by atoms with E-state index in [2.05, 4.69) is 20.7 Å². The van der Waals surface area contributed by atoms with E-state index in [0.29, 0.717) is 0 Å². The van der Waals surface area contributed by atoms with E-state index in [0.717, 1.165) is 0 Å². The zero-order valence-electron chi connectivity index (χ0n) is 21.9. The number of amides is 3. The van der Waals surface area contributed by atoms with Crippen molar-refractivity contribution in [1.82, 2.24) is 16.0 Å². The van der Waals surface area contributed by atoms with E-state index in [1.165, 1.54) is 21.0 Å². The Hall–Kier alpha value is -2.48. The Morgan fingerprint density at radius 3 is 2.25 bits per heavy atom.